The van der Waals surface area contributed by atoms with Crippen LogP contribution in [0.4, 0.5) is 22.7 Å². The highest BCUT2D eigenvalue weighted by Gasteiger charge is 2.21. The maximum Gasteiger partial charge on any atom is 0.311 e. The molecule has 12 heteroatoms. The van der Waals surface area contributed by atoms with Gasteiger partial charge < -0.3 is 13.9 Å². The van der Waals surface area contributed by atoms with Gasteiger partial charge in [0.1, 0.15) is 12.4 Å². The van der Waals surface area contributed by atoms with Crippen molar-refractivity contribution in [2.24, 2.45) is 0 Å². The number of hydrogen-bond acceptors (Lipinski definition) is 7. The van der Waals surface area contributed by atoms with Gasteiger partial charge in [0.2, 0.25) is 11.6 Å². The lowest BCUT2D eigenvalue weighted by Gasteiger charge is -2.08. The fourth-order valence-electron chi connectivity index (χ4n) is 2.36. The van der Waals surface area contributed by atoms with Crippen LogP contribution in [0.2, 0.25) is 0 Å². The van der Waals surface area contributed by atoms with Gasteiger partial charge in [0.25, 0.3) is 5.91 Å². The van der Waals surface area contributed by atoms with Crippen LogP contribution in [-0.2, 0) is 22.6 Å². The Morgan fingerprint density at radius 3 is 2.55 bits per heavy atom. The molecule has 0 radical (unpaired) electrons. The number of ether oxygens (including phenoxy) is 2. The Bertz CT molecular complexity index is 1090. The van der Waals surface area contributed by atoms with Crippen molar-refractivity contribution < 1.29 is 41.0 Å². The number of hydrogen-bond donors (Lipinski definition) is 1. The largest absolute Gasteiger partial charge is 0.479 e. The Kier molecular flexibility index (Phi) is 6.90. The molecule has 0 spiro atoms. The number of esters is 1. The molecule has 31 heavy (non-hydrogen) atoms. The van der Waals surface area contributed by atoms with Crippen LogP contribution >= 0.6 is 11.3 Å². The van der Waals surface area contributed by atoms with Crippen LogP contribution in [0.1, 0.15) is 28.9 Å². The number of rotatable bonds is 8. The van der Waals surface area contributed by atoms with E-state index in [0.29, 0.717) is 5.69 Å². The number of nitrogens with zero attached hydrogens (tertiary/aromatic N) is 1. The molecule has 0 aliphatic carbocycles. The van der Waals surface area contributed by atoms with Crippen LogP contribution < -0.4 is 10.1 Å². The Morgan fingerprint density at radius 2 is 1.87 bits per heavy atom. The van der Waals surface area contributed by atoms with Crippen molar-refractivity contribution >= 4 is 28.3 Å². The molecule has 2 aromatic heterocycles. The monoisotopic (exact) mass is 458 g/mol. The minimum absolute atomic E-state index is 0.0317. The number of amides is 1. The number of carbonyl (C=O) groups excluding carboxylic acids is 2. The number of furan rings is 1. The second-order valence-electron chi connectivity index (χ2n) is 5.93. The van der Waals surface area contributed by atoms with Gasteiger partial charge >= 0.3 is 5.97 Å². The van der Waals surface area contributed by atoms with Crippen molar-refractivity contribution in [2.75, 3.05) is 11.9 Å². The van der Waals surface area contributed by atoms with E-state index in [1.807, 2.05) is 0 Å². The van der Waals surface area contributed by atoms with Crippen LogP contribution in [-0.4, -0.2) is 23.5 Å². The van der Waals surface area contributed by atoms with Gasteiger partial charge in [-0.2, -0.15) is 8.78 Å². The molecule has 0 unspecified atom stereocenters. The summed E-state index contributed by atoms with van der Waals surface area (Å²) in [6.07, 6.45) is -0.0454. The average molecular weight is 458 g/mol. The molecule has 1 amide bonds. The summed E-state index contributed by atoms with van der Waals surface area (Å²) in [6, 6.07) is 2.61. The third kappa shape index (κ3) is 5.40. The number of thiazole rings is 1. The van der Waals surface area contributed by atoms with Crippen LogP contribution in [0.25, 0.3) is 0 Å². The summed E-state index contributed by atoms with van der Waals surface area (Å²) in [6.45, 7) is 1.33. The van der Waals surface area contributed by atoms with Crippen molar-refractivity contribution in [2.45, 2.75) is 20.0 Å². The Morgan fingerprint density at radius 1 is 1.16 bits per heavy atom. The normalized spacial score (nSPS) is 10.7. The molecular formula is C19H14F4N2O5S. The first-order valence-corrected chi connectivity index (χ1v) is 9.62. The maximum atomic E-state index is 13.6. The first-order valence-electron chi connectivity index (χ1n) is 8.74. The van der Waals surface area contributed by atoms with Crippen LogP contribution in [0, 0.1) is 23.3 Å². The highest BCUT2D eigenvalue weighted by molar-refractivity contribution is 7.14. The molecule has 0 bridgehead atoms. The maximum absolute atomic E-state index is 13.6. The third-order valence-electron chi connectivity index (χ3n) is 3.72. The molecule has 0 fully saturated rings. The molecule has 3 rings (SSSR count). The van der Waals surface area contributed by atoms with Gasteiger partial charge in [0.05, 0.1) is 18.7 Å². The van der Waals surface area contributed by atoms with E-state index in [2.05, 4.69) is 10.3 Å². The third-order valence-corrected chi connectivity index (χ3v) is 4.53. The standard InChI is InChI=1S/C19H14F4N2O5S/c1-2-28-14(26)5-9-8-31-19(24-9)25-18(27)13-4-3-10(30-13)7-29-17-15(22)11(20)6-12(21)16(17)23/h3-4,6,8H,2,5,7H2,1H3,(H,24,25,27). The zero-order valence-corrected chi connectivity index (χ0v) is 16.7. The first kappa shape index (κ1) is 22.3. The zero-order chi connectivity index (χ0) is 22.5. The summed E-state index contributed by atoms with van der Waals surface area (Å²) >= 11 is 1.08. The second kappa shape index (κ2) is 9.60. The van der Waals surface area contributed by atoms with Gasteiger partial charge in [-0.15, -0.1) is 11.3 Å². The predicted molar refractivity (Wildman–Crippen MR) is 99.7 cm³/mol. The molecular weight excluding hydrogens is 444 g/mol. The summed E-state index contributed by atoms with van der Waals surface area (Å²) in [7, 11) is 0. The second-order valence-corrected chi connectivity index (χ2v) is 6.79. The molecule has 164 valence electrons. The van der Waals surface area contributed by atoms with E-state index in [9.17, 15) is 27.2 Å². The van der Waals surface area contributed by atoms with Crippen LogP contribution in [0.5, 0.6) is 5.75 Å². The topological polar surface area (TPSA) is 90.7 Å². The van der Waals surface area contributed by atoms with Gasteiger partial charge in [-0.25, -0.2) is 13.8 Å². The van der Waals surface area contributed by atoms with Gasteiger partial charge in [-0.3, -0.25) is 14.9 Å². The summed E-state index contributed by atoms with van der Waals surface area (Å²) < 4.78 is 68.4. The van der Waals surface area contributed by atoms with Crippen molar-refractivity contribution in [3.8, 4) is 5.75 Å². The summed E-state index contributed by atoms with van der Waals surface area (Å²) in [5.41, 5.74) is 0.415. The lowest BCUT2D eigenvalue weighted by molar-refractivity contribution is -0.142. The summed E-state index contributed by atoms with van der Waals surface area (Å²) in [4.78, 5) is 27.8. The minimum Gasteiger partial charge on any atom is -0.479 e. The number of anilines is 1. The van der Waals surface area contributed by atoms with Gasteiger partial charge in [0, 0.05) is 11.4 Å². The van der Waals surface area contributed by atoms with Crippen molar-refractivity contribution in [3.63, 3.8) is 0 Å². The predicted octanol–water partition coefficient (Wildman–Crippen LogP) is 4.23. The minimum atomic E-state index is -1.69. The molecule has 0 aliphatic rings. The molecule has 0 atom stereocenters. The number of carbonyl (C=O) groups is 2. The summed E-state index contributed by atoms with van der Waals surface area (Å²) in [5, 5.41) is 4.25. The number of halogens is 4. The Labute approximate surface area is 176 Å². The number of aromatic nitrogens is 1. The van der Waals surface area contributed by atoms with E-state index in [1.165, 1.54) is 12.1 Å². The Hall–Kier alpha value is -3.41. The van der Waals surface area contributed by atoms with Gasteiger partial charge in [-0.05, 0) is 19.1 Å². The zero-order valence-electron chi connectivity index (χ0n) is 15.8. The van der Waals surface area contributed by atoms with Crippen molar-refractivity contribution in [1.82, 2.24) is 4.98 Å². The Balaban J connectivity index is 1.61. The van der Waals surface area contributed by atoms with Crippen LogP contribution in [0.3, 0.4) is 0 Å². The lowest BCUT2D eigenvalue weighted by atomic mass is 10.3. The highest BCUT2D eigenvalue weighted by atomic mass is 32.1. The van der Waals surface area contributed by atoms with E-state index >= 15 is 0 Å². The number of nitrogens with one attached hydrogen (secondary N) is 1. The smallest absolute Gasteiger partial charge is 0.311 e. The molecule has 7 nitrogen and oxygen atoms in total. The molecule has 0 saturated carbocycles. The van der Waals surface area contributed by atoms with Crippen LogP contribution in [0.15, 0.2) is 28.0 Å². The van der Waals surface area contributed by atoms with E-state index in [4.69, 9.17) is 13.9 Å². The average Bonchev–Trinajstić information content (AvgIpc) is 3.36. The van der Waals surface area contributed by atoms with Gasteiger partial charge in [-0.1, -0.05) is 0 Å². The fraction of sp³-hybridized carbons (Fsp3) is 0.211. The molecule has 0 saturated heterocycles. The fourth-order valence-corrected chi connectivity index (χ4v) is 3.07. The SMILES string of the molecule is CCOC(=O)Cc1csc(NC(=O)c2ccc(COc3c(F)c(F)cc(F)c3F)o2)n1. The molecule has 0 aliphatic heterocycles. The van der Waals surface area contributed by atoms with E-state index in [-0.39, 0.29) is 35.7 Å². The number of benzene rings is 1. The van der Waals surface area contributed by atoms with E-state index in [0.717, 1.165) is 11.3 Å². The molecule has 3 aromatic rings. The lowest BCUT2D eigenvalue weighted by Crippen LogP contribution is -2.11. The van der Waals surface area contributed by atoms with Crippen molar-refractivity contribution in [1.29, 1.82) is 0 Å². The first-order chi connectivity index (χ1) is 14.8. The summed E-state index contributed by atoms with van der Waals surface area (Å²) in [5.74, 6) is -9.18. The highest BCUT2D eigenvalue weighted by Crippen LogP contribution is 2.27. The van der Waals surface area contributed by atoms with Gasteiger partial charge in [0.15, 0.2) is 28.3 Å². The molecule has 1 aromatic carbocycles. The van der Waals surface area contributed by atoms with E-state index in [1.54, 1.807) is 12.3 Å². The van der Waals surface area contributed by atoms with Crippen molar-refractivity contribution in [3.05, 3.63) is 64.1 Å². The molecule has 1 N–H and O–H groups in total. The quantitative estimate of drug-likeness (QED) is 0.309. The molecule has 2 heterocycles. The van der Waals surface area contributed by atoms with E-state index < -0.39 is 47.5 Å².